The molecule has 1 aromatic carbocycles. The van der Waals surface area contributed by atoms with Crippen LogP contribution in [-0.2, 0) is 16.4 Å². The minimum absolute atomic E-state index is 0.105. The molecule has 2 aromatic rings. The zero-order chi connectivity index (χ0) is 15.5. The smallest absolute Gasteiger partial charge is 0.240 e. The third-order valence-corrected chi connectivity index (χ3v) is 6.17. The second kappa shape index (κ2) is 7.02. The summed E-state index contributed by atoms with van der Waals surface area (Å²) in [4.78, 5) is 1.40. The molecule has 0 aliphatic carbocycles. The number of sulfonamides is 1. The molecule has 0 aliphatic heterocycles. The average molecular weight is 389 g/mol. The molecule has 2 rings (SSSR count). The Morgan fingerprint density at radius 3 is 2.43 bits per heavy atom. The van der Waals surface area contributed by atoms with Crippen LogP contribution in [0.15, 0.2) is 45.1 Å². The molecule has 1 heterocycles. The molecule has 114 valence electrons. The summed E-state index contributed by atoms with van der Waals surface area (Å²) in [5, 5.41) is 0. The van der Waals surface area contributed by atoms with Gasteiger partial charge < -0.3 is 5.73 Å². The molecule has 0 amide bonds. The van der Waals surface area contributed by atoms with Gasteiger partial charge in [0.15, 0.2) is 0 Å². The highest BCUT2D eigenvalue weighted by molar-refractivity contribution is 9.11. The van der Waals surface area contributed by atoms with E-state index in [1.807, 2.05) is 19.1 Å². The lowest BCUT2D eigenvalue weighted by Crippen LogP contribution is -2.25. The van der Waals surface area contributed by atoms with Crippen molar-refractivity contribution in [3.8, 4) is 0 Å². The molecule has 0 spiro atoms. The van der Waals surface area contributed by atoms with Crippen molar-refractivity contribution in [1.29, 1.82) is 0 Å². The number of rotatable bonds is 6. The summed E-state index contributed by atoms with van der Waals surface area (Å²) in [7, 11) is -3.46. The summed E-state index contributed by atoms with van der Waals surface area (Å²) in [5.74, 6) is 0. The van der Waals surface area contributed by atoms with Gasteiger partial charge in [-0.2, -0.15) is 0 Å². The maximum Gasteiger partial charge on any atom is 0.240 e. The minimum atomic E-state index is -3.46. The number of nitrogens with one attached hydrogen (secondary N) is 1. The Labute approximate surface area is 137 Å². The number of hydrogen-bond acceptors (Lipinski definition) is 4. The first-order valence-electron chi connectivity index (χ1n) is 6.48. The van der Waals surface area contributed by atoms with Crippen LogP contribution in [0.2, 0.25) is 0 Å². The fraction of sp³-hybridized carbons (Fsp3) is 0.286. The second-order valence-electron chi connectivity index (χ2n) is 4.71. The maximum atomic E-state index is 12.2. The number of nitrogens with two attached hydrogens (primary N) is 1. The molecule has 0 saturated heterocycles. The highest BCUT2D eigenvalue weighted by Crippen LogP contribution is 2.22. The van der Waals surface area contributed by atoms with Crippen LogP contribution in [-0.4, -0.2) is 15.0 Å². The molecule has 0 fully saturated rings. The third kappa shape index (κ3) is 4.62. The van der Waals surface area contributed by atoms with Gasteiger partial charge in [0.25, 0.3) is 0 Å². The molecule has 21 heavy (non-hydrogen) atoms. The van der Waals surface area contributed by atoms with Gasteiger partial charge in [-0.1, -0.05) is 12.1 Å². The van der Waals surface area contributed by atoms with Gasteiger partial charge in [0.05, 0.1) is 8.68 Å². The lowest BCUT2D eigenvalue weighted by atomic mass is 10.1. The molecular formula is C14H17BrN2O2S2. The fourth-order valence-corrected chi connectivity index (χ4v) is 4.34. The predicted octanol–water partition coefficient (Wildman–Crippen LogP) is 3.05. The van der Waals surface area contributed by atoms with Crippen LogP contribution in [0.4, 0.5) is 0 Å². The van der Waals surface area contributed by atoms with Gasteiger partial charge >= 0.3 is 0 Å². The highest BCUT2D eigenvalue weighted by Gasteiger charge is 2.13. The van der Waals surface area contributed by atoms with Crippen molar-refractivity contribution in [1.82, 2.24) is 4.72 Å². The number of benzene rings is 1. The normalized spacial score (nSPS) is 13.3. The molecule has 1 unspecified atom stereocenters. The second-order valence-corrected chi connectivity index (χ2v) is 9.03. The van der Waals surface area contributed by atoms with Crippen molar-refractivity contribution < 1.29 is 8.42 Å². The quantitative estimate of drug-likeness (QED) is 0.798. The largest absolute Gasteiger partial charge is 0.324 e. The summed E-state index contributed by atoms with van der Waals surface area (Å²) >= 11 is 5.00. The van der Waals surface area contributed by atoms with E-state index in [0.717, 1.165) is 14.2 Å². The van der Waals surface area contributed by atoms with Crippen molar-refractivity contribution in [2.75, 3.05) is 6.54 Å². The van der Waals surface area contributed by atoms with Gasteiger partial charge in [0.2, 0.25) is 10.0 Å². The molecule has 0 aliphatic rings. The summed E-state index contributed by atoms with van der Waals surface area (Å²) in [6.45, 7) is 2.24. The van der Waals surface area contributed by atoms with Gasteiger partial charge in [0, 0.05) is 17.5 Å². The maximum absolute atomic E-state index is 12.2. The molecule has 0 saturated carbocycles. The van der Waals surface area contributed by atoms with Crippen molar-refractivity contribution in [3.63, 3.8) is 0 Å². The summed E-state index contributed by atoms with van der Waals surface area (Å²) < 4.78 is 28.0. The van der Waals surface area contributed by atoms with E-state index in [1.54, 1.807) is 35.6 Å². The monoisotopic (exact) mass is 388 g/mol. The average Bonchev–Trinajstić information content (AvgIpc) is 2.84. The Hall–Kier alpha value is -0.730. The standard InChI is InChI=1S/C14H17BrN2O2S2/c1-10(16)11-2-5-13(6-3-11)21(18,19)17-9-8-12-4-7-14(15)20-12/h2-7,10,17H,8-9,16H2,1H3. The van der Waals surface area contributed by atoms with Crippen LogP contribution in [0.3, 0.4) is 0 Å². The predicted molar refractivity (Wildman–Crippen MR) is 90.0 cm³/mol. The third-order valence-electron chi connectivity index (χ3n) is 3.01. The SMILES string of the molecule is CC(N)c1ccc(S(=O)(=O)NCCc2ccc(Br)s2)cc1. The van der Waals surface area contributed by atoms with E-state index in [1.165, 1.54) is 0 Å². The van der Waals surface area contributed by atoms with E-state index in [4.69, 9.17) is 5.73 Å². The van der Waals surface area contributed by atoms with Gasteiger partial charge in [-0.05, 0) is 59.1 Å². The van der Waals surface area contributed by atoms with Gasteiger partial charge in [-0.15, -0.1) is 11.3 Å². The summed E-state index contributed by atoms with van der Waals surface area (Å²) in [6.07, 6.45) is 0.674. The molecule has 3 N–H and O–H groups in total. The van der Waals surface area contributed by atoms with Crippen LogP contribution in [0, 0.1) is 0 Å². The minimum Gasteiger partial charge on any atom is -0.324 e. The Balaban J connectivity index is 1.97. The first-order chi connectivity index (χ1) is 9.88. The van der Waals surface area contributed by atoms with Gasteiger partial charge in [-0.25, -0.2) is 13.1 Å². The zero-order valence-corrected chi connectivity index (χ0v) is 14.8. The molecule has 1 aromatic heterocycles. The van der Waals surface area contributed by atoms with Crippen molar-refractivity contribution in [2.45, 2.75) is 24.3 Å². The molecule has 7 heteroatoms. The zero-order valence-electron chi connectivity index (χ0n) is 11.5. The fourth-order valence-electron chi connectivity index (χ4n) is 1.83. The van der Waals surface area contributed by atoms with Crippen LogP contribution >= 0.6 is 27.3 Å². The Morgan fingerprint density at radius 1 is 1.24 bits per heavy atom. The lowest BCUT2D eigenvalue weighted by molar-refractivity contribution is 0.581. The van der Waals surface area contributed by atoms with Gasteiger partial charge in [0.1, 0.15) is 0 Å². The Kier molecular flexibility index (Phi) is 5.56. The summed E-state index contributed by atoms with van der Waals surface area (Å²) in [6, 6.07) is 10.5. The first-order valence-corrected chi connectivity index (χ1v) is 9.57. The van der Waals surface area contributed by atoms with E-state index >= 15 is 0 Å². The Bertz CT molecular complexity index is 694. The van der Waals surface area contributed by atoms with E-state index in [0.29, 0.717) is 13.0 Å². The van der Waals surface area contributed by atoms with E-state index in [2.05, 4.69) is 20.7 Å². The van der Waals surface area contributed by atoms with E-state index in [-0.39, 0.29) is 10.9 Å². The number of halogens is 1. The van der Waals surface area contributed by atoms with Crippen LogP contribution in [0.5, 0.6) is 0 Å². The lowest BCUT2D eigenvalue weighted by Gasteiger charge is -2.09. The number of hydrogen-bond donors (Lipinski definition) is 2. The van der Waals surface area contributed by atoms with Crippen LogP contribution < -0.4 is 10.5 Å². The first kappa shape index (κ1) is 16.6. The Morgan fingerprint density at radius 2 is 1.90 bits per heavy atom. The van der Waals surface area contributed by atoms with Crippen molar-refractivity contribution >= 4 is 37.3 Å². The summed E-state index contributed by atoms with van der Waals surface area (Å²) in [5.41, 5.74) is 6.67. The van der Waals surface area contributed by atoms with Crippen LogP contribution in [0.1, 0.15) is 23.4 Å². The molecule has 1 atom stereocenters. The van der Waals surface area contributed by atoms with Crippen molar-refractivity contribution in [2.24, 2.45) is 5.73 Å². The van der Waals surface area contributed by atoms with Crippen LogP contribution in [0.25, 0.3) is 0 Å². The van der Waals surface area contributed by atoms with Crippen molar-refractivity contribution in [3.05, 3.63) is 50.6 Å². The molecular weight excluding hydrogens is 372 g/mol. The molecule has 4 nitrogen and oxygen atoms in total. The van der Waals surface area contributed by atoms with E-state index < -0.39 is 10.0 Å². The molecule has 0 bridgehead atoms. The van der Waals surface area contributed by atoms with Gasteiger partial charge in [-0.3, -0.25) is 0 Å². The number of thiophene rings is 1. The highest BCUT2D eigenvalue weighted by atomic mass is 79.9. The topological polar surface area (TPSA) is 72.2 Å². The molecule has 0 radical (unpaired) electrons. The van der Waals surface area contributed by atoms with E-state index in [9.17, 15) is 8.42 Å².